The Kier molecular flexibility index (Phi) is 5.12. The highest BCUT2D eigenvalue weighted by Gasteiger charge is 2.33. The van der Waals surface area contributed by atoms with E-state index in [1.807, 2.05) is 42.5 Å². The molecule has 0 amide bonds. The van der Waals surface area contributed by atoms with Crippen molar-refractivity contribution < 1.29 is 24.5 Å². The highest BCUT2D eigenvalue weighted by atomic mass is 16.5. The molecule has 2 atom stereocenters. The molecule has 0 aliphatic carbocycles. The fourth-order valence-corrected chi connectivity index (χ4v) is 2.45. The Morgan fingerprint density at radius 1 is 1.14 bits per heavy atom. The van der Waals surface area contributed by atoms with Crippen LogP contribution in [0, 0.1) is 5.92 Å². The molecule has 0 aliphatic rings. The Morgan fingerprint density at radius 2 is 1.82 bits per heavy atom. The maximum atomic E-state index is 12.0. The summed E-state index contributed by atoms with van der Waals surface area (Å²) in [6.07, 6.45) is -1.69. The summed E-state index contributed by atoms with van der Waals surface area (Å²) < 4.78 is 4.90. The molecular weight excluding hydrogens is 284 g/mol. The summed E-state index contributed by atoms with van der Waals surface area (Å²) in [6, 6.07) is 13.2. The number of carbonyl (C=O) groups excluding carboxylic acids is 1. The average Bonchev–Trinajstić information content (AvgIpc) is 2.52. The molecule has 2 N–H and O–H groups in total. The number of ether oxygens (including phenoxy) is 1. The Hall–Kier alpha value is -2.40. The van der Waals surface area contributed by atoms with Crippen molar-refractivity contribution in [3.8, 4) is 0 Å². The minimum atomic E-state index is -1.79. The van der Waals surface area contributed by atoms with Crippen molar-refractivity contribution in [2.24, 2.45) is 5.92 Å². The number of hydrogen-bond donors (Lipinski definition) is 2. The second-order valence-electron chi connectivity index (χ2n) is 4.98. The fraction of sp³-hybridized carbons (Fsp3) is 0.294. The van der Waals surface area contributed by atoms with Crippen LogP contribution in [0.3, 0.4) is 0 Å². The second-order valence-corrected chi connectivity index (χ2v) is 4.98. The van der Waals surface area contributed by atoms with Crippen LogP contribution >= 0.6 is 0 Å². The van der Waals surface area contributed by atoms with Gasteiger partial charge in [0.25, 0.3) is 0 Å². The van der Waals surface area contributed by atoms with Crippen molar-refractivity contribution in [3.05, 3.63) is 48.0 Å². The van der Waals surface area contributed by atoms with E-state index in [1.54, 1.807) is 6.92 Å². The molecule has 2 rings (SSSR count). The summed E-state index contributed by atoms with van der Waals surface area (Å²) in [5.74, 6) is -3.27. The average molecular weight is 302 g/mol. The van der Waals surface area contributed by atoms with E-state index in [0.717, 1.165) is 16.3 Å². The van der Waals surface area contributed by atoms with Gasteiger partial charge < -0.3 is 14.9 Å². The Morgan fingerprint density at radius 3 is 2.50 bits per heavy atom. The second kappa shape index (κ2) is 7.04. The van der Waals surface area contributed by atoms with Crippen molar-refractivity contribution >= 4 is 22.7 Å². The lowest BCUT2D eigenvalue weighted by Gasteiger charge is -2.19. The number of aliphatic hydroxyl groups is 1. The minimum absolute atomic E-state index is 0.105. The third-order valence-corrected chi connectivity index (χ3v) is 3.54. The minimum Gasteiger partial charge on any atom is -0.479 e. The first-order chi connectivity index (χ1) is 10.5. The highest BCUT2D eigenvalue weighted by Crippen LogP contribution is 2.23. The smallest absolute Gasteiger partial charge is 0.333 e. The maximum Gasteiger partial charge on any atom is 0.333 e. The molecule has 0 fully saturated rings. The number of rotatable bonds is 6. The third kappa shape index (κ3) is 3.43. The van der Waals surface area contributed by atoms with Crippen molar-refractivity contribution in [2.45, 2.75) is 19.4 Å². The predicted molar refractivity (Wildman–Crippen MR) is 81.4 cm³/mol. The number of aliphatic hydroxyl groups excluding tert-OH is 1. The van der Waals surface area contributed by atoms with Gasteiger partial charge in [0.05, 0.1) is 12.5 Å². The van der Waals surface area contributed by atoms with E-state index in [0.29, 0.717) is 0 Å². The SMILES string of the molecule is CCOC(=O)[C@H](Cc1cccc2ccccc12)[C@H](O)C(=O)O. The number of fused-ring (bicyclic) bond motifs is 1. The van der Waals surface area contributed by atoms with Crippen LogP contribution in [0.25, 0.3) is 10.8 Å². The van der Waals surface area contributed by atoms with E-state index in [1.165, 1.54) is 0 Å². The molecule has 0 saturated carbocycles. The lowest BCUT2D eigenvalue weighted by Crippen LogP contribution is -2.37. The summed E-state index contributed by atoms with van der Waals surface area (Å²) in [7, 11) is 0. The molecule has 2 aromatic carbocycles. The van der Waals surface area contributed by atoms with Crippen molar-refractivity contribution in [3.63, 3.8) is 0 Å². The largest absolute Gasteiger partial charge is 0.479 e. The van der Waals surface area contributed by atoms with E-state index in [2.05, 4.69) is 0 Å². The van der Waals surface area contributed by atoms with Crippen LogP contribution in [0.1, 0.15) is 12.5 Å². The topological polar surface area (TPSA) is 83.8 Å². The molecule has 0 aliphatic heterocycles. The van der Waals surface area contributed by atoms with Gasteiger partial charge in [-0.25, -0.2) is 4.79 Å². The van der Waals surface area contributed by atoms with E-state index in [9.17, 15) is 14.7 Å². The van der Waals surface area contributed by atoms with Gasteiger partial charge in [0, 0.05) is 0 Å². The first-order valence-corrected chi connectivity index (χ1v) is 7.08. The van der Waals surface area contributed by atoms with Gasteiger partial charge in [-0.05, 0) is 29.7 Å². The van der Waals surface area contributed by atoms with Gasteiger partial charge >= 0.3 is 11.9 Å². The lowest BCUT2D eigenvalue weighted by atomic mass is 9.91. The predicted octanol–water partition coefficient (Wildman–Crippen LogP) is 2.01. The molecule has 0 unspecified atom stereocenters. The lowest BCUT2D eigenvalue weighted by molar-refractivity contribution is -0.162. The number of carbonyl (C=O) groups is 2. The van der Waals surface area contributed by atoms with Crippen LogP contribution in [0.2, 0.25) is 0 Å². The third-order valence-electron chi connectivity index (χ3n) is 3.54. The molecule has 116 valence electrons. The molecule has 0 bridgehead atoms. The summed E-state index contributed by atoms with van der Waals surface area (Å²) in [4.78, 5) is 23.0. The zero-order valence-electron chi connectivity index (χ0n) is 12.2. The van der Waals surface area contributed by atoms with E-state index >= 15 is 0 Å². The van der Waals surface area contributed by atoms with Gasteiger partial charge in [0.15, 0.2) is 6.10 Å². The summed E-state index contributed by atoms with van der Waals surface area (Å²) >= 11 is 0. The normalized spacial score (nSPS) is 13.5. The van der Waals surface area contributed by atoms with Gasteiger partial charge in [0.2, 0.25) is 0 Å². The molecule has 0 spiro atoms. The number of carboxylic acid groups (broad SMARTS) is 1. The van der Waals surface area contributed by atoms with E-state index in [4.69, 9.17) is 9.84 Å². The van der Waals surface area contributed by atoms with Crippen LogP contribution in [-0.2, 0) is 20.7 Å². The number of benzene rings is 2. The summed E-state index contributed by atoms with van der Waals surface area (Å²) in [6.45, 7) is 1.78. The molecule has 0 aromatic heterocycles. The number of hydrogen-bond acceptors (Lipinski definition) is 4. The molecule has 0 saturated heterocycles. The molecule has 5 heteroatoms. The van der Waals surface area contributed by atoms with Crippen molar-refractivity contribution in [1.82, 2.24) is 0 Å². The van der Waals surface area contributed by atoms with Gasteiger partial charge in [0.1, 0.15) is 0 Å². The zero-order valence-corrected chi connectivity index (χ0v) is 12.2. The molecule has 5 nitrogen and oxygen atoms in total. The van der Waals surface area contributed by atoms with Gasteiger partial charge in [-0.3, -0.25) is 4.79 Å². The van der Waals surface area contributed by atoms with Gasteiger partial charge in [-0.15, -0.1) is 0 Å². The Balaban J connectivity index is 2.36. The number of carboxylic acids is 1. The van der Waals surface area contributed by atoms with E-state index < -0.39 is 24.0 Å². The highest BCUT2D eigenvalue weighted by molar-refractivity contribution is 5.87. The summed E-state index contributed by atoms with van der Waals surface area (Å²) in [5, 5.41) is 20.7. The first kappa shape index (κ1) is 16.0. The van der Waals surface area contributed by atoms with Crippen LogP contribution in [0.5, 0.6) is 0 Å². The number of esters is 1. The summed E-state index contributed by atoms with van der Waals surface area (Å²) in [5.41, 5.74) is 0.802. The van der Waals surface area contributed by atoms with Crippen LogP contribution in [0.4, 0.5) is 0 Å². The molecular formula is C17H18O5. The Labute approximate surface area is 128 Å². The quantitative estimate of drug-likeness (QED) is 0.797. The first-order valence-electron chi connectivity index (χ1n) is 7.08. The van der Waals surface area contributed by atoms with Gasteiger partial charge in [-0.1, -0.05) is 42.5 Å². The molecule has 0 radical (unpaired) electrons. The van der Waals surface area contributed by atoms with Crippen molar-refractivity contribution in [2.75, 3.05) is 6.61 Å². The van der Waals surface area contributed by atoms with E-state index in [-0.39, 0.29) is 13.0 Å². The van der Waals surface area contributed by atoms with Crippen molar-refractivity contribution in [1.29, 1.82) is 0 Å². The monoisotopic (exact) mass is 302 g/mol. The number of aliphatic carboxylic acids is 1. The fourth-order valence-electron chi connectivity index (χ4n) is 2.45. The van der Waals surface area contributed by atoms with Crippen LogP contribution < -0.4 is 0 Å². The zero-order chi connectivity index (χ0) is 16.1. The molecule has 2 aromatic rings. The van der Waals surface area contributed by atoms with Crippen LogP contribution in [0.15, 0.2) is 42.5 Å². The maximum absolute atomic E-state index is 12.0. The van der Waals surface area contributed by atoms with Gasteiger partial charge in [-0.2, -0.15) is 0 Å². The molecule has 22 heavy (non-hydrogen) atoms. The Bertz CT molecular complexity index is 674. The standard InChI is InChI=1S/C17H18O5/c1-2-22-17(21)14(15(18)16(19)20)10-12-8-5-7-11-6-3-4-9-13(11)12/h3-9,14-15,18H,2,10H2,1H3,(H,19,20)/t14-,15+/m1/s1. The molecule has 0 heterocycles. The van der Waals surface area contributed by atoms with Crippen LogP contribution in [-0.4, -0.2) is 34.9 Å².